The molecule has 0 aromatic heterocycles. The summed E-state index contributed by atoms with van der Waals surface area (Å²) < 4.78 is 5.10. The van der Waals surface area contributed by atoms with Crippen molar-refractivity contribution in [1.29, 1.82) is 0 Å². The molecule has 5 nitrogen and oxygen atoms in total. The van der Waals surface area contributed by atoms with Gasteiger partial charge in [0.25, 0.3) is 0 Å². The van der Waals surface area contributed by atoms with Crippen LogP contribution in [0.2, 0.25) is 0 Å². The lowest BCUT2D eigenvalue weighted by Gasteiger charge is -2.20. The minimum atomic E-state index is -0.595. The van der Waals surface area contributed by atoms with Crippen molar-refractivity contribution in [3.63, 3.8) is 0 Å². The molecule has 0 bridgehead atoms. The average molecular weight is 306 g/mol. The van der Waals surface area contributed by atoms with Gasteiger partial charge < -0.3 is 15.4 Å². The van der Waals surface area contributed by atoms with Crippen LogP contribution in [0.15, 0.2) is 18.2 Å². The molecule has 0 radical (unpaired) electrons. The largest absolute Gasteiger partial charge is 0.444 e. The first kappa shape index (κ1) is 18.0. The number of anilines is 1. The SMILES string of the molecule is CCc1cccc(CC)c1NC(=O)CNC(=O)OC(C)(C)C. The molecule has 0 saturated heterocycles. The van der Waals surface area contributed by atoms with E-state index in [0.717, 1.165) is 29.7 Å². The summed E-state index contributed by atoms with van der Waals surface area (Å²) in [6.45, 7) is 9.30. The molecule has 0 atom stereocenters. The van der Waals surface area contributed by atoms with E-state index in [1.165, 1.54) is 0 Å². The van der Waals surface area contributed by atoms with E-state index in [9.17, 15) is 9.59 Å². The number of hydrogen-bond donors (Lipinski definition) is 2. The van der Waals surface area contributed by atoms with Gasteiger partial charge in [0.1, 0.15) is 12.1 Å². The van der Waals surface area contributed by atoms with Gasteiger partial charge in [0, 0.05) is 5.69 Å². The Morgan fingerprint density at radius 3 is 2.09 bits per heavy atom. The van der Waals surface area contributed by atoms with E-state index in [2.05, 4.69) is 10.6 Å². The highest BCUT2D eigenvalue weighted by Gasteiger charge is 2.17. The first-order valence-electron chi connectivity index (χ1n) is 7.64. The lowest BCUT2D eigenvalue weighted by molar-refractivity contribution is -0.115. The number of para-hydroxylation sites is 1. The number of carbonyl (C=O) groups is 2. The summed E-state index contributed by atoms with van der Waals surface area (Å²) in [6.07, 6.45) is 1.08. The van der Waals surface area contributed by atoms with E-state index in [1.54, 1.807) is 20.8 Å². The van der Waals surface area contributed by atoms with Crippen LogP contribution in [0.3, 0.4) is 0 Å². The van der Waals surface area contributed by atoms with Crippen molar-refractivity contribution in [2.45, 2.75) is 53.1 Å². The van der Waals surface area contributed by atoms with Crippen molar-refractivity contribution >= 4 is 17.7 Å². The normalized spacial score (nSPS) is 11.0. The Labute approximate surface area is 132 Å². The third kappa shape index (κ3) is 5.76. The predicted molar refractivity (Wildman–Crippen MR) is 88.1 cm³/mol. The number of hydrogen-bond acceptors (Lipinski definition) is 3. The van der Waals surface area contributed by atoms with Crippen LogP contribution < -0.4 is 10.6 Å². The zero-order chi connectivity index (χ0) is 16.8. The molecule has 0 heterocycles. The second kappa shape index (κ2) is 7.82. The number of alkyl carbamates (subject to hydrolysis) is 1. The zero-order valence-corrected chi connectivity index (χ0v) is 14.1. The van der Waals surface area contributed by atoms with Crippen molar-refractivity contribution in [2.24, 2.45) is 0 Å². The summed E-state index contributed by atoms with van der Waals surface area (Å²) in [7, 11) is 0. The van der Waals surface area contributed by atoms with Gasteiger partial charge in [-0.2, -0.15) is 0 Å². The molecule has 2 amide bonds. The number of benzene rings is 1. The highest BCUT2D eigenvalue weighted by Crippen LogP contribution is 2.22. The maximum absolute atomic E-state index is 12.0. The molecule has 0 fully saturated rings. The monoisotopic (exact) mass is 306 g/mol. The molecule has 5 heteroatoms. The third-order valence-corrected chi connectivity index (χ3v) is 3.06. The maximum Gasteiger partial charge on any atom is 0.408 e. The number of nitrogens with one attached hydrogen (secondary N) is 2. The fraction of sp³-hybridized carbons (Fsp3) is 0.529. The summed E-state index contributed by atoms with van der Waals surface area (Å²) in [5.41, 5.74) is 2.45. The van der Waals surface area contributed by atoms with Crippen LogP contribution in [0.25, 0.3) is 0 Å². The van der Waals surface area contributed by atoms with Crippen LogP contribution in [-0.4, -0.2) is 24.1 Å². The summed E-state index contributed by atoms with van der Waals surface area (Å²) in [6, 6.07) is 5.98. The fourth-order valence-electron chi connectivity index (χ4n) is 2.05. The molecule has 0 aliphatic carbocycles. The average Bonchev–Trinajstić information content (AvgIpc) is 2.43. The predicted octanol–water partition coefficient (Wildman–Crippen LogP) is 3.27. The van der Waals surface area contributed by atoms with Crippen LogP contribution in [-0.2, 0) is 22.4 Å². The molecule has 0 saturated carbocycles. The molecule has 0 aliphatic rings. The topological polar surface area (TPSA) is 67.4 Å². The van der Waals surface area contributed by atoms with Gasteiger partial charge in [0.05, 0.1) is 0 Å². The number of rotatable bonds is 5. The lowest BCUT2D eigenvalue weighted by atomic mass is 10.0. The summed E-state index contributed by atoms with van der Waals surface area (Å²) >= 11 is 0. The Morgan fingerprint density at radius 2 is 1.64 bits per heavy atom. The standard InChI is InChI=1S/C17H26N2O3/c1-6-12-9-8-10-13(7-2)15(12)19-14(20)11-18-16(21)22-17(3,4)5/h8-10H,6-7,11H2,1-5H3,(H,18,21)(H,19,20). The van der Waals surface area contributed by atoms with Crippen LogP contribution in [0.5, 0.6) is 0 Å². The van der Waals surface area contributed by atoms with Crippen LogP contribution in [0.1, 0.15) is 45.7 Å². The summed E-state index contributed by atoms with van der Waals surface area (Å²) in [5.74, 6) is -0.263. The maximum atomic E-state index is 12.0. The fourth-order valence-corrected chi connectivity index (χ4v) is 2.05. The minimum absolute atomic E-state index is 0.115. The van der Waals surface area contributed by atoms with Gasteiger partial charge in [0.2, 0.25) is 5.91 Å². The Kier molecular flexibility index (Phi) is 6.40. The smallest absolute Gasteiger partial charge is 0.408 e. The molecule has 122 valence electrons. The van der Waals surface area contributed by atoms with Gasteiger partial charge in [-0.1, -0.05) is 32.0 Å². The highest BCUT2D eigenvalue weighted by atomic mass is 16.6. The van der Waals surface area contributed by atoms with Gasteiger partial charge >= 0.3 is 6.09 Å². The van der Waals surface area contributed by atoms with Crippen molar-refractivity contribution in [3.8, 4) is 0 Å². The van der Waals surface area contributed by atoms with Crippen molar-refractivity contribution in [2.75, 3.05) is 11.9 Å². The molecule has 22 heavy (non-hydrogen) atoms. The van der Waals surface area contributed by atoms with Crippen molar-refractivity contribution < 1.29 is 14.3 Å². The van der Waals surface area contributed by atoms with E-state index in [0.29, 0.717) is 0 Å². The van der Waals surface area contributed by atoms with Gasteiger partial charge in [-0.05, 0) is 44.7 Å². The van der Waals surface area contributed by atoms with E-state index in [1.807, 2.05) is 32.0 Å². The molecule has 2 N–H and O–H groups in total. The molecule has 0 aliphatic heterocycles. The second-order valence-electron chi connectivity index (χ2n) is 6.06. The van der Waals surface area contributed by atoms with E-state index >= 15 is 0 Å². The molecule has 0 spiro atoms. The Morgan fingerprint density at radius 1 is 1.09 bits per heavy atom. The molecular formula is C17H26N2O3. The Balaban J connectivity index is 2.64. The van der Waals surface area contributed by atoms with Gasteiger partial charge in [-0.15, -0.1) is 0 Å². The Bertz CT molecular complexity index is 511. The Hall–Kier alpha value is -2.04. The molecule has 1 aromatic carbocycles. The van der Waals surface area contributed by atoms with Gasteiger partial charge in [-0.25, -0.2) is 4.79 Å². The first-order valence-corrected chi connectivity index (χ1v) is 7.64. The third-order valence-electron chi connectivity index (χ3n) is 3.06. The molecule has 0 unspecified atom stereocenters. The number of carbonyl (C=O) groups excluding carboxylic acids is 2. The summed E-state index contributed by atoms with van der Waals surface area (Å²) in [4.78, 5) is 23.6. The van der Waals surface area contributed by atoms with Crippen LogP contribution in [0, 0.1) is 0 Å². The molecular weight excluding hydrogens is 280 g/mol. The zero-order valence-electron chi connectivity index (χ0n) is 14.1. The first-order chi connectivity index (χ1) is 10.3. The minimum Gasteiger partial charge on any atom is -0.444 e. The molecule has 1 aromatic rings. The quantitative estimate of drug-likeness (QED) is 0.877. The highest BCUT2D eigenvalue weighted by molar-refractivity contribution is 5.95. The lowest BCUT2D eigenvalue weighted by Crippen LogP contribution is -2.37. The van der Waals surface area contributed by atoms with Gasteiger partial charge in [-0.3, -0.25) is 4.79 Å². The second-order valence-corrected chi connectivity index (χ2v) is 6.06. The van der Waals surface area contributed by atoms with Crippen LogP contribution >= 0.6 is 0 Å². The summed E-state index contributed by atoms with van der Waals surface area (Å²) in [5, 5.41) is 5.35. The van der Waals surface area contributed by atoms with E-state index < -0.39 is 11.7 Å². The van der Waals surface area contributed by atoms with Crippen molar-refractivity contribution in [3.05, 3.63) is 29.3 Å². The van der Waals surface area contributed by atoms with E-state index in [4.69, 9.17) is 4.74 Å². The van der Waals surface area contributed by atoms with Crippen LogP contribution in [0.4, 0.5) is 10.5 Å². The number of aryl methyl sites for hydroxylation is 2. The number of amides is 2. The van der Waals surface area contributed by atoms with Gasteiger partial charge in [0.15, 0.2) is 0 Å². The number of ether oxygens (including phenoxy) is 1. The van der Waals surface area contributed by atoms with Crippen molar-refractivity contribution in [1.82, 2.24) is 5.32 Å². The van der Waals surface area contributed by atoms with E-state index in [-0.39, 0.29) is 12.5 Å². The molecule has 1 rings (SSSR count).